The molecule has 7 nitrogen and oxygen atoms in total. The molecule has 0 aliphatic rings. The maximum Gasteiger partial charge on any atom is 0.469 e. The van der Waals surface area contributed by atoms with E-state index in [1.807, 2.05) is 6.08 Å². The highest BCUT2D eigenvalue weighted by Gasteiger charge is 2.21. The maximum absolute atomic E-state index is 12.3. The summed E-state index contributed by atoms with van der Waals surface area (Å²) in [4.78, 5) is 30.4. The van der Waals surface area contributed by atoms with Gasteiger partial charge < -0.3 is 19.3 Å². The van der Waals surface area contributed by atoms with Crippen LogP contribution in [0.4, 0.5) is 0 Å². The smallest absolute Gasteiger partial charge is 0.469 e. The number of esters is 1. The predicted molar refractivity (Wildman–Crippen MR) is 184 cm³/mol. The van der Waals surface area contributed by atoms with Crippen LogP contribution in [0.3, 0.4) is 0 Å². The molecular weight excluding hydrogens is 575 g/mol. The molecule has 0 amide bonds. The molecule has 0 heterocycles. The largest absolute Gasteiger partial charge is 0.498 e. The average molecular weight is 647 g/mol. The van der Waals surface area contributed by atoms with E-state index < -0.39 is 20.5 Å². The van der Waals surface area contributed by atoms with Gasteiger partial charge in [-0.05, 0) is 25.3 Å². The molecule has 0 aromatic heterocycles. The van der Waals surface area contributed by atoms with E-state index in [2.05, 4.69) is 18.4 Å². The third kappa shape index (κ3) is 35.6. The van der Waals surface area contributed by atoms with Crippen LogP contribution in [0.15, 0.2) is 12.3 Å². The van der Waals surface area contributed by atoms with Gasteiger partial charge in [0.25, 0.3) is 0 Å². The van der Waals surface area contributed by atoms with Gasteiger partial charge in [-0.15, -0.1) is 0 Å². The molecule has 2 N–H and O–H groups in total. The maximum atomic E-state index is 12.3. The molecule has 44 heavy (non-hydrogen) atoms. The Morgan fingerprint density at radius 2 is 0.977 bits per heavy atom. The van der Waals surface area contributed by atoms with Crippen LogP contribution < -0.4 is 0 Å². The number of rotatable bonds is 35. The second-order valence-corrected chi connectivity index (χ2v) is 13.9. The Kier molecular flexibility index (Phi) is 32.8. The van der Waals surface area contributed by atoms with E-state index in [1.165, 1.54) is 141 Å². The van der Waals surface area contributed by atoms with Gasteiger partial charge in [0.05, 0.1) is 12.9 Å². The van der Waals surface area contributed by atoms with Gasteiger partial charge in [0, 0.05) is 6.42 Å². The minimum Gasteiger partial charge on any atom is -0.498 e. The first kappa shape index (κ1) is 43.1. The number of hydrogen-bond acceptors (Lipinski definition) is 5. The quantitative estimate of drug-likeness (QED) is 0.0306. The molecule has 0 aromatic carbocycles. The number of hydrogen-bond donors (Lipinski definition) is 2. The van der Waals surface area contributed by atoms with Crippen LogP contribution in [0.1, 0.15) is 194 Å². The molecule has 0 spiro atoms. The molecule has 0 saturated carbocycles. The van der Waals surface area contributed by atoms with Crippen molar-refractivity contribution in [1.82, 2.24) is 0 Å². The molecule has 1 atom stereocenters. The van der Waals surface area contributed by atoms with Crippen molar-refractivity contribution in [3.8, 4) is 0 Å². The van der Waals surface area contributed by atoms with Crippen LogP contribution in [-0.2, 0) is 23.4 Å². The van der Waals surface area contributed by atoms with Gasteiger partial charge in [-0.3, -0.25) is 9.32 Å². The Morgan fingerprint density at radius 1 is 0.591 bits per heavy atom. The summed E-state index contributed by atoms with van der Waals surface area (Å²) in [7, 11) is -4.65. The van der Waals surface area contributed by atoms with Crippen LogP contribution in [0.25, 0.3) is 0 Å². The standard InChI is InChI=1S/C36H71O7P/c1-3-5-7-9-11-13-15-16-17-18-19-20-21-22-24-26-28-30-32-41-33-35(34-42-44(38,39)40)43-36(37)31-29-27-25-23-14-12-10-8-6-4-2/h30,32,35H,3-29,31,33-34H2,1-2H3,(H2,38,39,40)/b32-30-/t35-/m1/s1. The third-order valence-electron chi connectivity index (χ3n) is 8.16. The van der Waals surface area contributed by atoms with Crippen LogP contribution >= 0.6 is 7.82 Å². The van der Waals surface area contributed by atoms with E-state index in [0.29, 0.717) is 0 Å². The molecule has 0 rings (SSSR count). The molecule has 262 valence electrons. The highest BCUT2D eigenvalue weighted by molar-refractivity contribution is 7.46. The molecule has 0 aliphatic carbocycles. The van der Waals surface area contributed by atoms with Crippen LogP contribution in [0, 0.1) is 0 Å². The minimum atomic E-state index is -4.65. The lowest BCUT2D eigenvalue weighted by atomic mass is 10.0. The lowest BCUT2D eigenvalue weighted by Gasteiger charge is -2.18. The zero-order valence-electron chi connectivity index (χ0n) is 28.8. The zero-order valence-corrected chi connectivity index (χ0v) is 29.7. The molecule has 0 bridgehead atoms. The van der Waals surface area contributed by atoms with E-state index in [4.69, 9.17) is 19.3 Å². The second-order valence-electron chi connectivity index (χ2n) is 12.6. The summed E-state index contributed by atoms with van der Waals surface area (Å²) in [6.07, 6.45) is 37.3. The molecule has 0 fully saturated rings. The fourth-order valence-electron chi connectivity index (χ4n) is 5.41. The second kappa shape index (κ2) is 33.5. The monoisotopic (exact) mass is 646 g/mol. The first-order valence-corrected chi connectivity index (χ1v) is 20.1. The highest BCUT2D eigenvalue weighted by Crippen LogP contribution is 2.36. The molecule has 0 aromatic rings. The summed E-state index contributed by atoms with van der Waals surface area (Å²) in [5.74, 6) is -0.385. The SMILES string of the molecule is CCCCCCCCCCCCCCCCCC/C=C\OC[C@H](COP(=O)(O)O)OC(=O)CCCCCCCCCCCC. The number of carbonyl (C=O) groups excluding carboxylic acids is 1. The van der Waals surface area contributed by atoms with Crippen molar-refractivity contribution in [2.24, 2.45) is 0 Å². The third-order valence-corrected chi connectivity index (χ3v) is 8.65. The summed E-state index contributed by atoms with van der Waals surface area (Å²) in [5.41, 5.74) is 0. The summed E-state index contributed by atoms with van der Waals surface area (Å²) in [5, 5.41) is 0. The minimum absolute atomic E-state index is 0.000764. The van der Waals surface area contributed by atoms with E-state index in [-0.39, 0.29) is 19.0 Å². The van der Waals surface area contributed by atoms with Crippen molar-refractivity contribution in [3.05, 3.63) is 12.3 Å². The van der Waals surface area contributed by atoms with Gasteiger partial charge in [-0.1, -0.05) is 168 Å². The highest BCUT2D eigenvalue weighted by atomic mass is 31.2. The molecular formula is C36H71O7P. The van der Waals surface area contributed by atoms with Crippen molar-refractivity contribution >= 4 is 13.8 Å². The lowest BCUT2D eigenvalue weighted by molar-refractivity contribution is -0.153. The Labute approximate surface area is 271 Å². The first-order valence-electron chi connectivity index (χ1n) is 18.5. The molecule has 0 saturated heterocycles. The van der Waals surface area contributed by atoms with E-state index in [1.54, 1.807) is 6.26 Å². The fourth-order valence-corrected chi connectivity index (χ4v) is 5.77. The number of allylic oxidation sites excluding steroid dienone is 1. The topological polar surface area (TPSA) is 102 Å². The molecule has 0 aliphatic heterocycles. The molecule has 0 unspecified atom stereocenters. The Bertz CT molecular complexity index is 679. The first-order chi connectivity index (χ1) is 21.4. The summed E-state index contributed by atoms with van der Waals surface area (Å²) in [6.45, 7) is 4.10. The summed E-state index contributed by atoms with van der Waals surface area (Å²) < 4.78 is 26.6. The number of phosphoric acid groups is 1. The number of ether oxygens (including phenoxy) is 2. The van der Waals surface area contributed by atoms with Gasteiger partial charge in [0.1, 0.15) is 6.61 Å². The molecule has 0 radical (unpaired) electrons. The van der Waals surface area contributed by atoms with Crippen molar-refractivity contribution in [3.63, 3.8) is 0 Å². The Hall–Kier alpha value is -0.880. The van der Waals surface area contributed by atoms with Gasteiger partial charge in [0.2, 0.25) is 0 Å². The van der Waals surface area contributed by atoms with E-state index in [9.17, 15) is 9.36 Å². The predicted octanol–water partition coefficient (Wildman–Crippen LogP) is 11.5. The van der Waals surface area contributed by atoms with Gasteiger partial charge in [0.15, 0.2) is 6.10 Å². The van der Waals surface area contributed by atoms with Gasteiger partial charge in [-0.25, -0.2) is 4.57 Å². The number of carbonyl (C=O) groups is 1. The van der Waals surface area contributed by atoms with Crippen molar-refractivity contribution in [1.29, 1.82) is 0 Å². The van der Waals surface area contributed by atoms with Crippen molar-refractivity contribution < 1.29 is 33.1 Å². The Morgan fingerprint density at radius 3 is 1.39 bits per heavy atom. The van der Waals surface area contributed by atoms with Crippen LogP contribution in [0.2, 0.25) is 0 Å². The summed E-state index contributed by atoms with van der Waals surface area (Å²) in [6, 6.07) is 0. The van der Waals surface area contributed by atoms with E-state index >= 15 is 0 Å². The number of phosphoric ester groups is 1. The van der Waals surface area contributed by atoms with E-state index in [0.717, 1.165) is 32.1 Å². The van der Waals surface area contributed by atoms with Crippen molar-refractivity contribution in [2.45, 2.75) is 200 Å². The van der Waals surface area contributed by atoms with Crippen LogP contribution in [-0.4, -0.2) is 35.1 Å². The molecule has 8 heteroatoms. The summed E-state index contributed by atoms with van der Waals surface area (Å²) >= 11 is 0. The van der Waals surface area contributed by atoms with Crippen molar-refractivity contribution in [2.75, 3.05) is 13.2 Å². The van der Waals surface area contributed by atoms with Gasteiger partial charge in [-0.2, -0.15) is 0 Å². The number of unbranched alkanes of at least 4 members (excludes halogenated alkanes) is 25. The zero-order chi connectivity index (χ0) is 32.4. The average Bonchev–Trinajstić information content (AvgIpc) is 2.99. The fraction of sp³-hybridized carbons (Fsp3) is 0.917. The van der Waals surface area contributed by atoms with Gasteiger partial charge >= 0.3 is 13.8 Å². The van der Waals surface area contributed by atoms with Crippen LogP contribution in [0.5, 0.6) is 0 Å². The normalized spacial score (nSPS) is 12.6. The lowest BCUT2D eigenvalue weighted by Crippen LogP contribution is -2.27. The Balaban J connectivity index is 3.81.